The molecule has 1 aliphatic rings. The van der Waals surface area contributed by atoms with Gasteiger partial charge in [0, 0.05) is 4.47 Å². The Bertz CT molecular complexity index is 382. The van der Waals surface area contributed by atoms with Crippen molar-refractivity contribution in [1.82, 2.24) is 0 Å². The van der Waals surface area contributed by atoms with E-state index >= 15 is 0 Å². The second-order valence-corrected chi connectivity index (χ2v) is 5.67. The van der Waals surface area contributed by atoms with Gasteiger partial charge in [-0.15, -0.1) is 0 Å². The molecule has 0 atom stereocenters. The van der Waals surface area contributed by atoms with Gasteiger partial charge in [-0.05, 0) is 37.0 Å². The Labute approximate surface area is 106 Å². The molecule has 1 aliphatic carbocycles. The van der Waals surface area contributed by atoms with Crippen molar-refractivity contribution in [1.29, 1.82) is 5.26 Å². The molecule has 0 aliphatic heterocycles. The van der Waals surface area contributed by atoms with Crippen molar-refractivity contribution in [3.05, 3.63) is 34.3 Å². The summed E-state index contributed by atoms with van der Waals surface area (Å²) < 4.78 is 1.10. The Morgan fingerprint density at radius 3 is 2.31 bits per heavy atom. The van der Waals surface area contributed by atoms with Crippen LogP contribution in [0.4, 0.5) is 0 Å². The zero-order valence-corrected chi connectivity index (χ0v) is 11.0. The van der Waals surface area contributed by atoms with Crippen LogP contribution in [0, 0.1) is 16.7 Å². The molecule has 0 aromatic heterocycles. The number of hydrogen-bond donors (Lipinski definition) is 0. The quantitative estimate of drug-likeness (QED) is 0.783. The standard InChI is InChI=1S/C14H16BrN/c15-13-6-4-12(5-7-13)10-14(11-16)8-2-1-3-9-14/h4-7H,1-3,8-10H2. The summed E-state index contributed by atoms with van der Waals surface area (Å²) in [6, 6.07) is 10.9. The van der Waals surface area contributed by atoms with E-state index in [0.29, 0.717) is 0 Å². The molecule has 1 saturated carbocycles. The van der Waals surface area contributed by atoms with Gasteiger partial charge in [0.1, 0.15) is 0 Å². The lowest BCUT2D eigenvalue weighted by Crippen LogP contribution is -2.24. The highest BCUT2D eigenvalue weighted by atomic mass is 79.9. The van der Waals surface area contributed by atoms with Crippen LogP contribution in [0.2, 0.25) is 0 Å². The monoisotopic (exact) mass is 277 g/mol. The van der Waals surface area contributed by atoms with Gasteiger partial charge in [0.15, 0.2) is 0 Å². The molecule has 16 heavy (non-hydrogen) atoms. The molecular weight excluding hydrogens is 262 g/mol. The maximum atomic E-state index is 9.40. The number of rotatable bonds is 2. The summed E-state index contributed by atoms with van der Waals surface area (Å²) in [5, 5.41) is 9.40. The molecule has 0 heterocycles. The molecule has 0 saturated heterocycles. The molecule has 0 unspecified atom stereocenters. The van der Waals surface area contributed by atoms with Crippen LogP contribution in [0.1, 0.15) is 37.7 Å². The molecule has 84 valence electrons. The van der Waals surface area contributed by atoms with Crippen molar-refractivity contribution in [3.63, 3.8) is 0 Å². The smallest absolute Gasteiger partial charge is 0.0693 e. The second-order valence-electron chi connectivity index (χ2n) is 4.76. The first-order valence-corrected chi connectivity index (χ1v) is 6.69. The average Bonchev–Trinajstić information content (AvgIpc) is 2.33. The molecule has 1 aromatic carbocycles. The number of halogens is 1. The molecule has 0 amide bonds. The summed E-state index contributed by atoms with van der Waals surface area (Å²) in [4.78, 5) is 0. The fourth-order valence-corrected chi connectivity index (χ4v) is 2.81. The molecule has 1 fully saturated rings. The van der Waals surface area contributed by atoms with Crippen LogP contribution in [0.25, 0.3) is 0 Å². The first-order chi connectivity index (χ1) is 7.74. The van der Waals surface area contributed by atoms with Gasteiger partial charge in [-0.3, -0.25) is 0 Å². The molecule has 0 spiro atoms. The van der Waals surface area contributed by atoms with Crippen LogP contribution in [0.15, 0.2) is 28.7 Å². The largest absolute Gasteiger partial charge is 0.198 e. The van der Waals surface area contributed by atoms with Crippen LogP contribution < -0.4 is 0 Å². The summed E-state index contributed by atoms with van der Waals surface area (Å²) in [7, 11) is 0. The van der Waals surface area contributed by atoms with Gasteiger partial charge in [0.25, 0.3) is 0 Å². The van der Waals surface area contributed by atoms with Gasteiger partial charge in [0.05, 0.1) is 11.5 Å². The first kappa shape index (κ1) is 11.7. The lowest BCUT2D eigenvalue weighted by molar-refractivity contribution is 0.266. The van der Waals surface area contributed by atoms with Crippen molar-refractivity contribution < 1.29 is 0 Å². The van der Waals surface area contributed by atoms with Crippen LogP contribution in [-0.2, 0) is 6.42 Å². The van der Waals surface area contributed by atoms with Crippen LogP contribution in [0.3, 0.4) is 0 Å². The minimum atomic E-state index is -0.0912. The average molecular weight is 278 g/mol. The molecule has 2 rings (SSSR count). The van der Waals surface area contributed by atoms with E-state index in [1.54, 1.807) is 0 Å². The highest BCUT2D eigenvalue weighted by Crippen LogP contribution is 2.38. The Morgan fingerprint density at radius 2 is 1.75 bits per heavy atom. The summed E-state index contributed by atoms with van der Waals surface area (Å²) in [5.41, 5.74) is 1.19. The fraction of sp³-hybridized carbons (Fsp3) is 0.500. The summed E-state index contributed by atoms with van der Waals surface area (Å²) >= 11 is 3.44. The Morgan fingerprint density at radius 1 is 1.12 bits per heavy atom. The van der Waals surface area contributed by atoms with E-state index in [-0.39, 0.29) is 5.41 Å². The molecule has 1 aromatic rings. The zero-order chi connectivity index (χ0) is 11.4. The third-order valence-electron chi connectivity index (χ3n) is 3.50. The zero-order valence-electron chi connectivity index (χ0n) is 9.38. The topological polar surface area (TPSA) is 23.8 Å². The van der Waals surface area contributed by atoms with E-state index in [1.807, 2.05) is 0 Å². The number of hydrogen-bond acceptors (Lipinski definition) is 1. The van der Waals surface area contributed by atoms with Crippen LogP contribution in [-0.4, -0.2) is 0 Å². The second kappa shape index (κ2) is 5.01. The maximum absolute atomic E-state index is 9.40. The van der Waals surface area contributed by atoms with Gasteiger partial charge in [-0.25, -0.2) is 0 Å². The normalized spacial score (nSPS) is 19.0. The number of nitrogens with zero attached hydrogens (tertiary/aromatic N) is 1. The third-order valence-corrected chi connectivity index (χ3v) is 4.03. The lowest BCUT2D eigenvalue weighted by atomic mass is 9.71. The minimum Gasteiger partial charge on any atom is -0.198 e. The first-order valence-electron chi connectivity index (χ1n) is 5.90. The molecule has 1 nitrogen and oxygen atoms in total. The summed E-state index contributed by atoms with van der Waals surface area (Å²) in [6.45, 7) is 0. The predicted molar refractivity (Wildman–Crippen MR) is 69.0 cm³/mol. The van der Waals surface area contributed by atoms with Crippen LogP contribution in [0.5, 0.6) is 0 Å². The van der Waals surface area contributed by atoms with E-state index in [2.05, 4.69) is 46.3 Å². The SMILES string of the molecule is N#CC1(Cc2ccc(Br)cc2)CCCCC1. The Hall–Kier alpha value is -0.810. The Balaban J connectivity index is 2.12. The van der Waals surface area contributed by atoms with Gasteiger partial charge < -0.3 is 0 Å². The maximum Gasteiger partial charge on any atom is 0.0693 e. The van der Waals surface area contributed by atoms with Gasteiger partial charge >= 0.3 is 0 Å². The molecule has 2 heteroatoms. The van der Waals surface area contributed by atoms with Gasteiger partial charge in [-0.2, -0.15) is 5.26 Å². The van der Waals surface area contributed by atoms with Crippen LogP contribution >= 0.6 is 15.9 Å². The number of benzene rings is 1. The van der Waals surface area contributed by atoms with Crippen molar-refractivity contribution in [2.45, 2.75) is 38.5 Å². The summed E-state index contributed by atoms with van der Waals surface area (Å²) in [6.07, 6.45) is 6.77. The molecule has 0 bridgehead atoms. The van der Waals surface area contributed by atoms with Crippen molar-refractivity contribution in [3.8, 4) is 6.07 Å². The van der Waals surface area contributed by atoms with E-state index < -0.39 is 0 Å². The molecule has 0 radical (unpaired) electrons. The highest BCUT2D eigenvalue weighted by molar-refractivity contribution is 9.10. The predicted octanol–water partition coefficient (Wildman–Crippen LogP) is 4.47. The summed E-state index contributed by atoms with van der Waals surface area (Å²) in [5.74, 6) is 0. The highest BCUT2D eigenvalue weighted by Gasteiger charge is 2.31. The minimum absolute atomic E-state index is 0.0912. The van der Waals surface area contributed by atoms with Crippen molar-refractivity contribution >= 4 is 15.9 Å². The van der Waals surface area contributed by atoms with E-state index in [0.717, 1.165) is 23.7 Å². The lowest BCUT2D eigenvalue weighted by Gasteiger charge is -2.30. The molecule has 0 N–H and O–H groups in total. The van der Waals surface area contributed by atoms with E-state index in [9.17, 15) is 5.26 Å². The van der Waals surface area contributed by atoms with Gasteiger partial charge in [0.2, 0.25) is 0 Å². The third kappa shape index (κ3) is 2.65. The van der Waals surface area contributed by atoms with E-state index in [4.69, 9.17) is 0 Å². The van der Waals surface area contributed by atoms with Crippen molar-refractivity contribution in [2.24, 2.45) is 5.41 Å². The number of nitriles is 1. The Kier molecular flexibility index (Phi) is 3.66. The molecular formula is C14H16BrN. The van der Waals surface area contributed by atoms with Gasteiger partial charge in [-0.1, -0.05) is 47.3 Å². The van der Waals surface area contributed by atoms with Crippen molar-refractivity contribution in [2.75, 3.05) is 0 Å². The van der Waals surface area contributed by atoms with E-state index in [1.165, 1.54) is 24.8 Å². The fourth-order valence-electron chi connectivity index (χ4n) is 2.55.